The Balaban J connectivity index is 2.24. The highest BCUT2D eigenvalue weighted by Gasteiger charge is 2.20. The van der Waals surface area contributed by atoms with Gasteiger partial charge in [0.15, 0.2) is 0 Å². The number of anilines is 1. The van der Waals surface area contributed by atoms with Gasteiger partial charge in [-0.3, -0.25) is 9.40 Å². The zero-order valence-corrected chi connectivity index (χ0v) is 12.5. The predicted octanol–water partition coefficient (Wildman–Crippen LogP) is 1.83. The van der Waals surface area contributed by atoms with Crippen molar-refractivity contribution < 1.29 is 12.8 Å². The number of aryl methyl sites for hydroxylation is 1. The highest BCUT2D eigenvalue weighted by molar-refractivity contribution is 7.92. The zero-order chi connectivity index (χ0) is 15.5. The standard InChI is InChI=1S/C12H14ClFN4O2S/c13-10-3-1-4-11(14)12(10)17-21(19,20)9-7-16-18(8-9)6-2-5-15/h1,3-4,7-8,17H,2,5-6,15H2. The third-order valence-electron chi connectivity index (χ3n) is 2.71. The number of para-hydroxylation sites is 1. The molecule has 1 heterocycles. The molecule has 6 nitrogen and oxygen atoms in total. The number of nitrogens with two attached hydrogens (primary N) is 1. The summed E-state index contributed by atoms with van der Waals surface area (Å²) >= 11 is 5.80. The van der Waals surface area contributed by atoms with E-state index in [0.29, 0.717) is 19.5 Å². The Kier molecular flexibility index (Phi) is 4.81. The molecule has 0 atom stereocenters. The molecule has 0 aliphatic carbocycles. The Morgan fingerprint density at radius 3 is 2.86 bits per heavy atom. The van der Waals surface area contributed by atoms with Crippen molar-refractivity contribution >= 4 is 27.3 Å². The fourth-order valence-corrected chi connectivity index (χ4v) is 2.95. The summed E-state index contributed by atoms with van der Waals surface area (Å²) in [6.45, 7) is 0.984. The van der Waals surface area contributed by atoms with Crippen LogP contribution in [0.4, 0.5) is 10.1 Å². The van der Waals surface area contributed by atoms with Gasteiger partial charge in [-0.1, -0.05) is 17.7 Å². The van der Waals surface area contributed by atoms with Gasteiger partial charge >= 0.3 is 0 Å². The van der Waals surface area contributed by atoms with Crippen LogP contribution in [0.3, 0.4) is 0 Å². The Bertz CT molecular complexity index is 712. The van der Waals surface area contributed by atoms with E-state index in [1.165, 1.54) is 29.2 Å². The van der Waals surface area contributed by atoms with Gasteiger partial charge in [0, 0.05) is 12.7 Å². The lowest BCUT2D eigenvalue weighted by molar-refractivity contribution is 0.582. The normalized spacial score (nSPS) is 11.6. The minimum atomic E-state index is -3.95. The van der Waals surface area contributed by atoms with E-state index in [1.807, 2.05) is 0 Å². The molecule has 3 N–H and O–H groups in total. The maximum atomic E-state index is 13.6. The Hall–Kier alpha value is -1.64. The second kappa shape index (κ2) is 6.42. The van der Waals surface area contributed by atoms with Gasteiger partial charge in [0.1, 0.15) is 16.4 Å². The molecule has 21 heavy (non-hydrogen) atoms. The third-order valence-corrected chi connectivity index (χ3v) is 4.33. The van der Waals surface area contributed by atoms with Gasteiger partial charge in [0.05, 0.1) is 11.2 Å². The van der Waals surface area contributed by atoms with Crippen molar-refractivity contribution in [2.45, 2.75) is 17.9 Å². The quantitative estimate of drug-likeness (QED) is 0.844. The highest BCUT2D eigenvalue weighted by atomic mass is 35.5. The molecule has 0 fully saturated rings. The number of benzene rings is 1. The van der Waals surface area contributed by atoms with E-state index < -0.39 is 15.8 Å². The van der Waals surface area contributed by atoms with Crippen LogP contribution in [-0.4, -0.2) is 24.7 Å². The van der Waals surface area contributed by atoms with Crippen molar-refractivity contribution in [1.82, 2.24) is 9.78 Å². The molecular formula is C12H14ClFN4O2S. The molecule has 2 aromatic rings. The second-order valence-electron chi connectivity index (χ2n) is 4.28. The Morgan fingerprint density at radius 2 is 2.19 bits per heavy atom. The van der Waals surface area contributed by atoms with Crippen LogP contribution in [0.1, 0.15) is 6.42 Å². The summed E-state index contributed by atoms with van der Waals surface area (Å²) in [5, 5.41) is 3.90. The topological polar surface area (TPSA) is 90.0 Å². The molecule has 1 aromatic carbocycles. The van der Waals surface area contributed by atoms with Gasteiger partial charge in [0.2, 0.25) is 0 Å². The fraction of sp³-hybridized carbons (Fsp3) is 0.250. The van der Waals surface area contributed by atoms with E-state index in [0.717, 1.165) is 6.07 Å². The van der Waals surface area contributed by atoms with Crippen molar-refractivity contribution in [3.63, 3.8) is 0 Å². The van der Waals surface area contributed by atoms with Crippen molar-refractivity contribution in [1.29, 1.82) is 0 Å². The van der Waals surface area contributed by atoms with Gasteiger partial charge in [-0.15, -0.1) is 0 Å². The summed E-state index contributed by atoms with van der Waals surface area (Å²) in [7, 11) is -3.95. The van der Waals surface area contributed by atoms with E-state index in [-0.39, 0.29) is 15.6 Å². The van der Waals surface area contributed by atoms with Crippen molar-refractivity contribution in [3.05, 3.63) is 41.4 Å². The van der Waals surface area contributed by atoms with Crippen LogP contribution in [0.2, 0.25) is 5.02 Å². The van der Waals surface area contributed by atoms with Crippen molar-refractivity contribution in [2.75, 3.05) is 11.3 Å². The molecule has 0 saturated carbocycles. The smallest absolute Gasteiger partial charge is 0.265 e. The number of nitrogens with zero attached hydrogens (tertiary/aromatic N) is 2. The van der Waals surface area contributed by atoms with Gasteiger partial charge in [-0.2, -0.15) is 5.10 Å². The lowest BCUT2D eigenvalue weighted by atomic mass is 10.3. The van der Waals surface area contributed by atoms with Crippen LogP contribution < -0.4 is 10.5 Å². The summed E-state index contributed by atoms with van der Waals surface area (Å²) in [5.74, 6) is -0.749. The molecule has 0 radical (unpaired) electrons. The molecule has 0 saturated heterocycles. The molecule has 114 valence electrons. The van der Waals surface area contributed by atoms with E-state index >= 15 is 0 Å². The van der Waals surface area contributed by atoms with Gasteiger partial charge in [-0.05, 0) is 25.1 Å². The molecule has 0 unspecified atom stereocenters. The molecule has 0 aliphatic heterocycles. The average Bonchev–Trinajstić information content (AvgIpc) is 2.90. The first kappa shape index (κ1) is 15.7. The number of hydrogen-bond acceptors (Lipinski definition) is 4. The summed E-state index contributed by atoms with van der Waals surface area (Å²) in [5.41, 5.74) is 5.09. The Morgan fingerprint density at radius 1 is 1.43 bits per heavy atom. The van der Waals surface area contributed by atoms with E-state index in [2.05, 4.69) is 9.82 Å². The lowest BCUT2D eigenvalue weighted by Gasteiger charge is -2.08. The number of halogens is 2. The lowest BCUT2D eigenvalue weighted by Crippen LogP contribution is -2.14. The van der Waals surface area contributed by atoms with E-state index in [4.69, 9.17) is 17.3 Å². The largest absolute Gasteiger partial charge is 0.330 e. The molecule has 0 amide bonds. The summed E-state index contributed by atoms with van der Waals surface area (Å²) in [4.78, 5) is -0.0705. The predicted molar refractivity (Wildman–Crippen MR) is 78.1 cm³/mol. The summed E-state index contributed by atoms with van der Waals surface area (Å²) < 4.78 is 41.6. The molecule has 0 bridgehead atoms. The average molecular weight is 333 g/mol. The number of hydrogen-bond donors (Lipinski definition) is 2. The molecular weight excluding hydrogens is 319 g/mol. The summed E-state index contributed by atoms with van der Waals surface area (Å²) in [6.07, 6.45) is 3.22. The number of sulfonamides is 1. The van der Waals surface area contributed by atoms with Gasteiger partial charge in [0.25, 0.3) is 10.0 Å². The van der Waals surface area contributed by atoms with Crippen LogP contribution in [0.25, 0.3) is 0 Å². The minimum absolute atomic E-state index is 0.0194. The second-order valence-corrected chi connectivity index (χ2v) is 6.37. The van der Waals surface area contributed by atoms with E-state index in [1.54, 1.807) is 0 Å². The van der Waals surface area contributed by atoms with Crippen molar-refractivity contribution in [3.8, 4) is 0 Å². The Labute approximate surface area is 126 Å². The molecule has 2 rings (SSSR count). The first-order chi connectivity index (χ1) is 9.94. The van der Waals surface area contributed by atoms with Crippen molar-refractivity contribution in [2.24, 2.45) is 5.73 Å². The summed E-state index contributed by atoms with van der Waals surface area (Å²) in [6, 6.07) is 3.90. The first-order valence-corrected chi connectivity index (χ1v) is 7.99. The van der Waals surface area contributed by atoms with Crippen LogP contribution >= 0.6 is 11.6 Å². The molecule has 9 heteroatoms. The zero-order valence-electron chi connectivity index (χ0n) is 11.0. The number of rotatable bonds is 6. The SMILES string of the molecule is NCCCn1cc(S(=O)(=O)Nc2c(F)cccc2Cl)cn1. The van der Waals surface area contributed by atoms with Gasteiger partial charge < -0.3 is 5.73 Å². The number of nitrogens with one attached hydrogen (secondary N) is 1. The van der Waals surface area contributed by atoms with Crippen LogP contribution in [0.15, 0.2) is 35.5 Å². The number of aromatic nitrogens is 2. The highest BCUT2D eigenvalue weighted by Crippen LogP contribution is 2.27. The van der Waals surface area contributed by atoms with Crippen LogP contribution in [0, 0.1) is 5.82 Å². The van der Waals surface area contributed by atoms with E-state index in [9.17, 15) is 12.8 Å². The maximum Gasteiger partial charge on any atom is 0.265 e. The first-order valence-electron chi connectivity index (χ1n) is 6.13. The third kappa shape index (κ3) is 3.72. The molecule has 0 spiro atoms. The monoisotopic (exact) mass is 332 g/mol. The molecule has 0 aliphatic rings. The minimum Gasteiger partial charge on any atom is -0.330 e. The fourth-order valence-electron chi connectivity index (χ4n) is 1.65. The maximum absolute atomic E-state index is 13.6. The van der Waals surface area contributed by atoms with Crippen LogP contribution in [0.5, 0.6) is 0 Å². The van der Waals surface area contributed by atoms with Crippen LogP contribution in [-0.2, 0) is 16.6 Å². The molecule has 1 aromatic heterocycles. The van der Waals surface area contributed by atoms with Gasteiger partial charge in [-0.25, -0.2) is 12.8 Å².